The van der Waals surface area contributed by atoms with E-state index in [1.54, 1.807) is 49.4 Å². The average Bonchev–Trinajstić information content (AvgIpc) is 3.16. The zero-order chi connectivity index (χ0) is 20.8. The van der Waals surface area contributed by atoms with Crippen LogP contribution in [0.15, 0.2) is 69.0 Å². The summed E-state index contributed by atoms with van der Waals surface area (Å²) in [4.78, 5) is 24.1. The molecule has 0 bridgehead atoms. The van der Waals surface area contributed by atoms with Gasteiger partial charge in [0.05, 0.1) is 17.5 Å². The average molecular weight is 429 g/mol. The minimum atomic E-state index is -0.989. The Balaban J connectivity index is 1.58. The highest BCUT2D eigenvalue weighted by Crippen LogP contribution is 2.27. The maximum absolute atomic E-state index is 11.9. The predicted octanol–water partition coefficient (Wildman–Crippen LogP) is 4.85. The van der Waals surface area contributed by atoms with Crippen LogP contribution in [-0.4, -0.2) is 29.0 Å². The second kappa shape index (κ2) is 9.45. The van der Waals surface area contributed by atoms with Crippen LogP contribution in [0.5, 0.6) is 0 Å². The number of rotatable bonds is 7. The number of thioether (sulfide) groups is 1. The Bertz CT molecular complexity index is 1060. The van der Waals surface area contributed by atoms with Gasteiger partial charge in [0.15, 0.2) is 0 Å². The number of carboxylic acid groups (broad SMARTS) is 1. The maximum Gasteiger partial charge on any atom is 0.335 e. The summed E-state index contributed by atoms with van der Waals surface area (Å²) in [6, 6.07) is 15.6. The molecular formula is C21H17ClN2O4S. The molecule has 8 heteroatoms. The molecule has 1 amide bonds. The Labute approximate surface area is 176 Å². The van der Waals surface area contributed by atoms with E-state index in [9.17, 15) is 14.7 Å². The summed E-state index contributed by atoms with van der Waals surface area (Å²) in [5, 5.41) is 13.8. The summed E-state index contributed by atoms with van der Waals surface area (Å²) < 4.78 is 5.70. The highest BCUT2D eigenvalue weighted by molar-refractivity contribution is 8.00. The zero-order valence-corrected chi connectivity index (χ0v) is 17.0. The fourth-order valence-corrected chi connectivity index (χ4v) is 3.40. The quantitative estimate of drug-likeness (QED) is 0.319. The number of nitrogens with one attached hydrogen (secondary N) is 1. The lowest BCUT2D eigenvalue weighted by Gasteiger charge is -2.05. The lowest BCUT2D eigenvalue weighted by atomic mass is 10.0. The Morgan fingerprint density at radius 2 is 1.93 bits per heavy atom. The molecule has 2 N–H and O–H groups in total. The molecule has 1 heterocycles. The van der Waals surface area contributed by atoms with Gasteiger partial charge in [0.1, 0.15) is 11.5 Å². The van der Waals surface area contributed by atoms with Gasteiger partial charge in [-0.1, -0.05) is 23.7 Å². The first kappa shape index (κ1) is 20.7. The largest absolute Gasteiger partial charge is 0.478 e. The van der Waals surface area contributed by atoms with Crippen molar-refractivity contribution >= 4 is 41.5 Å². The number of carboxylic acids is 1. The number of halogens is 1. The Hall–Kier alpha value is -3.03. The topological polar surface area (TPSA) is 91.9 Å². The lowest BCUT2D eigenvalue weighted by Crippen LogP contribution is -2.19. The van der Waals surface area contributed by atoms with Crippen molar-refractivity contribution in [2.24, 2.45) is 5.10 Å². The van der Waals surface area contributed by atoms with Crippen LogP contribution in [0.3, 0.4) is 0 Å². The highest BCUT2D eigenvalue weighted by atomic mass is 35.5. The van der Waals surface area contributed by atoms with Gasteiger partial charge in [-0.3, -0.25) is 4.79 Å². The van der Waals surface area contributed by atoms with E-state index in [4.69, 9.17) is 16.0 Å². The SMILES string of the molecule is Cc1c(C(=O)O)cccc1-c1ccc(/C=N\NC(=O)CSc2ccc(Cl)cc2)o1. The number of benzene rings is 2. The van der Waals surface area contributed by atoms with E-state index in [-0.39, 0.29) is 17.2 Å². The van der Waals surface area contributed by atoms with E-state index in [0.29, 0.717) is 27.7 Å². The van der Waals surface area contributed by atoms with Crippen LogP contribution in [0.2, 0.25) is 5.02 Å². The normalized spacial score (nSPS) is 11.0. The van der Waals surface area contributed by atoms with Crippen LogP contribution >= 0.6 is 23.4 Å². The van der Waals surface area contributed by atoms with Crippen LogP contribution in [-0.2, 0) is 4.79 Å². The van der Waals surface area contributed by atoms with Gasteiger partial charge < -0.3 is 9.52 Å². The second-order valence-corrected chi connectivity index (χ2v) is 7.51. The molecule has 0 spiro atoms. The fraction of sp³-hybridized carbons (Fsp3) is 0.0952. The first-order chi connectivity index (χ1) is 13.9. The van der Waals surface area contributed by atoms with Crippen LogP contribution in [0, 0.1) is 6.92 Å². The van der Waals surface area contributed by atoms with E-state index in [2.05, 4.69) is 10.5 Å². The predicted molar refractivity (Wildman–Crippen MR) is 114 cm³/mol. The molecule has 1 aromatic heterocycles. The molecule has 29 heavy (non-hydrogen) atoms. The summed E-state index contributed by atoms with van der Waals surface area (Å²) >= 11 is 7.20. The standard InChI is InChI=1S/C21H17ClN2O4S/c1-13-17(3-2-4-18(13)21(26)27)19-10-7-15(28-19)11-23-24-20(25)12-29-16-8-5-14(22)6-9-16/h2-11H,12H2,1H3,(H,24,25)(H,26,27)/b23-11-. The third-order valence-electron chi connectivity index (χ3n) is 4.02. The van der Waals surface area contributed by atoms with Gasteiger partial charge in [0.2, 0.25) is 5.91 Å². The molecule has 3 aromatic rings. The zero-order valence-electron chi connectivity index (χ0n) is 15.4. The molecule has 0 saturated heterocycles. The van der Waals surface area contributed by atoms with Gasteiger partial charge in [0.25, 0.3) is 0 Å². The third-order valence-corrected chi connectivity index (χ3v) is 5.29. The minimum absolute atomic E-state index is 0.212. The van der Waals surface area contributed by atoms with Crippen molar-refractivity contribution < 1.29 is 19.1 Å². The molecule has 0 aliphatic carbocycles. The van der Waals surface area contributed by atoms with Crippen LogP contribution in [0.25, 0.3) is 11.3 Å². The summed E-state index contributed by atoms with van der Waals surface area (Å²) in [6.45, 7) is 1.73. The Morgan fingerprint density at radius 1 is 1.17 bits per heavy atom. The van der Waals surface area contributed by atoms with Crippen molar-refractivity contribution in [3.8, 4) is 11.3 Å². The summed E-state index contributed by atoms with van der Waals surface area (Å²) in [7, 11) is 0. The van der Waals surface area contributed by atoms with E-state index < -0.39 is 5.97 Å². The van der Waals surface area contributed by atoms with Crippen molar-refractivity contribution in [2.45, 2.75) is 11.8 Å². The number of carbonyl (C=O) groups is 2. The molecule has 3 rings (SSSR count). The second-order valence-electron chi connectivity index (χ2n) is 6.02. The summed E-state index contributed by atoms with van der Waals surface area (Å²) in [6.07, 6.45) is 1.39. The molecule has 0 radical (unpaired) electrons. The van der Waals surface area contributed by atoms with Gasteiger partial charge in [-0.2, -0.15) is 5.10 Å². The molecule has 0 saturated carbocycles. The van der Waals surface area contributed by atoms with E-state index in [1.807, 2.05) is 12.1 Å². The number of carbonyl (C=O) groups excluding carboxylic acids is 1. The first-order valence-electron chi connectivity index (χ1n) is 8.57. The lowest BCUT2D eigenvalue weighted by molar-refractivity contribution is -0.118. The van der Waals surface area contributed by atoms with Crippen molar-refractivity contribution in [3.63, 3.8) is 0 Å². The smallest absolute Gasteiger partial charge is 0.335 e. The number of nitrogens with zero attached hydrogens (tertiary/aromatic N) is 1. The van der Waals surface area contributed by atoms with Crippen molar-refractivity contribution in [1.29, 1.82) is 0 Å². The van der Waals surface area contributed by atoms with Gasteiger partial charge in [-0.05, 0) is 55.0 Å². The molecule has 6 nitrogen and oxygen atoms in total. The first-order valence-corrected chi connectivity index (χ1v) is 9.94. The van der Waals surface area contributed by atoms with E-state index in [1.165, 1.54) is 18.0 Å². The molecule has 148 valence electrons. The van der Waals surface area contributed by atoms with Crippen molar-refractivity contribution in [3.05, 3.63) is 76.5 Å². The van der Waals surface area contributed by atoms with E-state index >= 15 is 0 Å². The molecular weight excluding hydrogens is 412 g/mol. The molecule has 0 aliphatic rings. The van der Waals surface area contributed by atoms with E-state index in [0.717, 1.165) is 4.90 Å². The fourth-order valence-electron chi connectivity index (χ4n) is 2.58. The van der Waals surface area contributed by atoms with Gasteiger partial charge in [-0.25, -0.2) is 10.2 Å². The molecule has 2 aromatic carbocycles. The Morgan fingerprint density at radius 3 is 2.66 bits per heavy atom. The molecule has 0 unspecified atom stereocenters. The number of hydrogen-bond acceptors (Lipinski definition) is 5. The highest BCUT2D eigenvalue weighted by Gasteiger charge is 2.13. The van der Waals surface area contributed by atoms with Crippen molar-refractivity contribution in [1.82, 2.24) is 5.43 Å². The van der Waals surface area contributed by atoms with Gasteiger partial charge in [0, 0.05) is 15.5 Å². The number of hydrazone groups is 1. The van der Waals surface area contributed by atoms with Gasteiger partial charge >= 0.3 is 5.97 Å². The number of amides is 1. The third kappa shape index (κ3) is 5.49. The molecule has 0 fully saturated rings. The number of aromatic carboxylic acids is 1. The maximum atomic E-state index is 11.9. The molecule has 0 atom stereocenters. The molecule has 0 aliphatic heterocycles. The van der Waals surface area contributed by atoms with Crippen LogP contribution in [0.4, 0.5) is 0 Å². The summed E-state index contributed by atoms with van der Waals surface area (Å²) in [5.41, 5.74) is 3.97. The Kier molecular flexibility index (Phi) is 6.74. The van der Waals surface area contributed by atoms with Crippen LogP contribution in [0.1, 0.15) is 21.7 Å². The van der Waals surface area contributed by atoms with Crippen molar-refractivity contribution in [2.75, 3.05) is 5.75 Å². The monoisotopic (exact) mass is 428 g/mol. The summed E-state index contributed by atoms with van der Waals surface area (Å²) in [5.74, 6) is -0.0684. The van der Waals surface area contributed by atoms with Crippen LogP contribution < -0.4 is 5.43 Å². The minimum Gasteiger partial charge on any atom is -0.478 e. The number of hydrogen-bond donors (Lipinski definition) is 2. The number of furan rings is 1. The van der Waals surface area contributed by atoms with Gasteiger partial charge in [-0.15, -0.1) is 11.8 Å².